The second-order valence-electron chi connectivity index (χ2n) is 3.42. The average molecular weight is 234 g/mol. The molecule has 0 aliphatic carbocycles. The fourth-order valence-corrected chi connectivity index (χ4v) is 1.43. The lowest BCUT2D eigenvalue weighted by Gasteiger charge is -2.07. The van der Waals surface area contributed by atoms with Crippen LogP contribution in [0.25, 0.3) is 0 Å². The highest BCUT2D eigenvalue weighted by Gasteiger charge is 2.07. The van der Waals surface area contributed by atoms with Crippen molar-refractivity contribution in [1.29, 1.82) is 0 Å². The minimum Gasteiger partial charge on any atom is -0.406 e. The number of methoxy groups -OCH3 is 1. The number of rotatable bonds is 5. The second-order valence-corrected chi connectivity index (χ2v) is 3.42. The van der Waals surface area contributed by atoms with E-state index in [0.29, 0.717) is 18.5 Å². The van der Waals surface area contributed by atoms with E-state index in [9.17, 15) is 0 Å². The Kier molecular flexibility index (Phi) is 3.69. The maximum Gasteiger partial charge on any atom is 0.320 e. The SMILES string of the molecule is COCc1ccccc1Nc1nnc(CN)o1. The van der Waals surface area contributed by atoms with Gasteiger partial charge in [0.05, 0.1) is 13.2 Å². The first-order valence-corrected chi connectivity index (χ1v) is 5.20. The fourth-order valence-electron chi connectivity index (χ4n) is 1.43. The van der Waals surface area contributed by atoms with Gasteiger partial charge in [-0.2, -0.15) is 0 Å². The van der Waals surface area contributed by atoms with E-state index in [-0.39, 0.29) is 6.54 Å². The number of anilines is 2. The Balaban J connectivity index is 2.17. The molecule has 90 valence electrons. The highest BCUT2D eigenvalue weighted by atomic mass is 16.5. The van der Waals surface area contributed by atoms with E-state index in [0.717, 1.165) is 11.3 Å². The molecule has 1 aromatic heterocycles. The molecule has 0 atom stereocenters. The van der Waals surface area contributed by atoms with Crippen molar-refractivity contribution in [3.05, 3.63) is 35.7 Å². The molecule has 17 heavy (non-hydrogen) atoms. The molecule has 6 nitrogen and oxygen atoms in total. The summed E-state index contributed by atoms with van der Waals surface area (Å²) in [6, 6.07) is 8.07. The number of nitrogens with zero attached hydrogens (tertiary/aromatic N) is 2. The molecule has 2 rings (SSSR count). The van der Waals surface area contributed by atoms with E-state index in [4.69, 9.17) is 14.9 Å². The molecule has 0 amide bonds. The predicted octanol–water partition coefficient (Wildman–Crippen LogP) is 1.42. The summed E-state index contributed by atoms with van der Waals surface area (Å²) in [5, 5.41) is 10.6. The Morgan fingerprint density at radius 3 is 2.88 bits per heavy atom. The van der Waals surface area contributed by atoms with Crippen molar-refractivity contribution in [2.24, 2.45) is 5.73 Å². The molecular formula is C11H14N4O2. The summed E-state index contributed by atoms with van der Waals surface area (Å²) in [5.74, 6) is 0.400. The number of para-hydroxylation sites is 1. The molecule has 0 aliphatic rings. The van der Waals surface area contributed by atoms with Crippen LogP contribution in [0.3, 0.4) is 0 Å². The van der Waals surface area contributed by atoms with Crippen LogP contribution in [-0.4, -0.2) is 17.3 Å². The molecule has 0 spiro atoms. The molecule has 0 bridgehead atoms. The van der Waals surface area contributed by atoms with Gasteiger partial charge >= 0.3 is 6.01 Å². The largest absolute Gasteiger partial charge is 0.406 e. The summed E-state index contributed by atoms with van der Waals surface area (Å²) < 4.78 is 10.4. The first-order valence-electron chi connectivity index (χ1n) is 5.20. The van der Waals surface area contributed by atoms with Crippen molar-refractivity contribution in [3.8, 4) is 0 Å². The quantitative estimate of drug-likeness (QED) is 0.813. The van der Waals surface area contributed by atoms with Crippen molar-refractivity contribution < 1.29 is 9.15 Å². The molecule has 2 aromatic rings. The zero-order chi connectivity index (χ0) is 12.1. The van der Waals surface area contributed by atoms with Crippen molar-refractivity contribution >= 4 is 11.7 Å². The molecule has 0 fully saturated rings. The molecule has 3 N–H and O–H groups in total. The number of nitrogens with two attached hydrogens (primary N) is 1. The van der Waals surface area contributed by atoms with Crippen molar-refractivity contribution in [2.45, 2.75) is 13.2 Å². The number of benzene rings is 1. The summed E-state index contributed by atoms with van der Waals surface area (Å²) in [4.78, 5) is 0. The molecule has 6 heteroatoms. The Hall–Kier alpha value is -1.92. The molecule has 0 aliphatic heterocycles. The first-order chi connectivity index (χ1) is 8.33. The molecule has 1 aromatic carbocycles. The third-order valence-corrected chi connectivity index (χ3v) is 2.20. The third kappa shape index (κ3) is 2.80. The molecule has 0 saturated carbocycles. The van der Waals surface area contributed by atoms with Gasteiger partial charge in [-0.05, 0) is 6.07 Å². The van der Waals surface area contributed by atoms with Crippen LogP contribution in [0.15, 0.2) is 28.7 Å². The van der Waals surface area contributed by atoms with Gasteiger partial charge in [0, 0.05) is 18.4 Å². The minimum absolute atomic E-state index is 0.231. The number of ether oxygens (including phenoxy) is 1. The maximum absolute atomic E-state index is 5.39. The lowest BCUT2D eigenvalue weighted by Crippen LogP contribution is -1.97. The smallest absolute Gasteiger partial charge is 0.320 e. The lowest BCUT2D eigenvalue weighted by atomic mass is 10.2. The van der Waals surface area contributed by atoms with E-state index < -0.39 is 0 Å². The van der Waals surface area contributed by atoms with Gasteiger partial charge in [-0.3, -0.25) is 0 Å². The van der Waals surface area contributed by atoms with Gasteiger partial charge in [-0.1, -0.05) is 23.3 Å². The fraction of sp³-hybridized carbons (Fsp3) is 0.273. The minimum atomic E-state index is 0.231. The van der Waals surface area contributed by atoms with Crippen LogP contribution in [-0.2, 0) is 17.9 Å². The average Bonchev–Trinajstić information content (AvgIpc) is 2.80. The Morgan fingerprint density at radius 1 is 1.35 bits per heavy atom. The van der Waals surface area contributed by atoms with Crippen LogP contribution in [0.4, 0.5) is 11.7 Å². The summed E-state index contributed by atoms with van der Waals surface area (Å²) >= 11 is 0. The number of nitrogens with one attached hydrogen (secondary N) is 1. The highest BCUT2D eigenvalue weighted by molar-refractivity contribution is 5.57. The van der Waals surface area contributed by atoms with E-state index in [1.165, 1.54) is 0 Å². The van der Waals surface area contributed by atoms with Crippen LogP contribution in [0.5, 0.6) is 0 Å². The highest BCUT2D eigenvalue weighted by Crippen LogP contribution is 2.20. The van der Waals surface area contributed by atoms with Gasteiger partial charge in [0.1, 0.15) is 0 Å². The van der Waals surface area contributed by atoms with Crippen molar-refractivity contribution in [2.75, 3.05) is 12.4 Å². The van der Waals surface area contributed by atoms with Gasteiger partial charge < -0.3 is 20.2 Å². The molecule has 0 unspecified atom stereocenters. The molecular weight excluding hydrogens is 220 g/mol. The van der Waals surface area contributed by atoms with Gasteiger partial charge in [-0.15, -0.1) is 5.10 Å². The number of aromatic nitrogens is 2. The van der Waals surface area contributed by atoms with Crippen molar-refractivity contribution in [3.63, 3.8) is 0 Å². The van der Waals surface area contributed by atoms with Gasteiger partial charge in [-0.25, -0.2) is 0 Å². The molecule has 0 saturated heterocycles. The van der Waals surface area contributed by atoms with Crippen molar-refractivity contribution in [1.82, 2.24) is 10.2 Å². The lowest BCUT2D eigenvalue weighted by molar-refractivity contribution is 0.185. The zero-order valence-corrected chi connectivity index (χ0v) is 9.51. The normalized spacial score (nSPS) is 10.5. The first kappa shape index (κ1) is 11.6. The monoisotopic (exact) mass is 234 g/mol. The topological polar surface area (TPSA) is 86.2 Å². The van der Waals surface area contributed by atoms with Crippen LogP contribution >= 0.6 is 0 Å². The van der Waals surface area contributed by atoms with E-state index in [1.807, 2.05) is 24.3 Å². The van der Waals surface area contributed by atoms with E-state index in [2.05, 4.69) is 15.5 Å². The Morgan fingerprint density at radius 2 is 2.18 bits per heavy atom. The summed E-state index contributed by atoms with van der Waals surface area (Å²) in [6.07, 6.45) is 0. The second kappa shape index (κ2) is 5.42. The summed E-state index contributed by atoms with van der Waals surface area (Å²) in [7, 11) is 1.65. The third-order valence-electron chi connectivity index (χ3n) is 2.20. The maximum atomic E-state index is 5.39. The zero-order valence-electron chi connectivity index (χ0n) is 9.51. The van der Waals surface area contributed by atoms with Gasteiger partial charge in [0.15, 0.2) is 0 Å². The van der Waals surface area contributed by atoms with E-state index in [1.54, 1.807) is 7.11 Å². The molecule has 0 radical (unpaired) electrons. The standard InChI is InChI=1S/C11H14N4O2/c1-16-7-8-4-2-3-5-9(8)13-11-15-14-10(6-12)17-11/h2-5H,6-7,12H2,1H3,(H,13,15). The number of hydrogen-bond donors (Lipinski definition) is 2. The van der Waals surface area contributed by atoms with Gasteiger partial charge in [0.25, 0.3) is 0 Å². The number of hydrogen-bond acceptors (Lipinski definition) is 6. The van der Waals surface area contributed by atoms with Crippen LogP contribution in [0, 0.1) is 0 Å². The summed E-state index contributed by atoms with van der Waals surface area (Å²) in [6.45, 7) is 0.745. The van der Waals surface area contributed by atoms with Gasteiger partial charge in [0.2, 0.25) is 5.89 Å². The molecule has 1 heterocycles. The summed E-state index contributed by atoms with van der Waals surface area (Å²) in [5.41, 5.74) is 7.28. The van der Waals surface area contributed by atoms with Crippen LogP contribution < -0.4 is 11.1 Å². The van der Waals surface area contributed by atoms with Crippen LogP contribution in [0.1, 0.15) is 11.5 Å². The van der Waals surface area contributed by atoms with Crippen LogP contribution in [0.2, 0.25) is 0 Å². The predicted molar refractivity (Wildman–Crippen MR) is 62.6 cm³/mol. The Labute approximate surface area is 98.8 Å². The Bertz CT molecular complexity index is 484. The van der Waals surface area contributed by atoms with E-state index >= 15 is 0 Å².